The molecule has 0 aliphatic carbocycles. The topological polar surface area (TPSA) is 63.8 Å². The highest BCUT2D eigenvalue weighted by molar-refractivity contribution is 5.90. The number of H-pyrrole nitrogens is 1. The predicted molar refractivity (Wildman–Crippen MR) is 84.5 cm³/mol. The summed E-state index contributed by atoms with van der Waals surface area (Å²) < 4.78 is 6.93. The van der Waals surface area contributed by atoms with Gasteiger partial charge in [-0.15, -0.1) is 0 Å². The van der Waals surface area contributed by atoms with Gasteiger partial charge in [0.05, 0.1) is 16.9 Å². The van der Waals surface area contributed by atoms with Crippen LogP contribution in [-0.4, -0.2) is 14.8 Å². The highest BCUT2D eigenvalue weighted by Gasteiger charge is 2.13. The fraction of sp³-hybridized carbons (Fsp3) is 0.0588. The van der Waals surface area contributed by atoms with E-state index in [0.717, 1.165) is 22.5 Å². The van der Waals surface area contributed by atoms with Gasteiger partial charge in [0.1, 0.15) is 0 Å². The number of fused-ring (bicyclic) bond motifs is 1. The minimum Gasteiger partial charge on any atom is -0.408 e. The van der Waals surface area contributed by atoms with E-state index < -0.39 is 5.76 Å². The number of nitrogens with zero attached hydrogens (tertiary/aromatic N) is 2. The van der Waals surface area contributed by atoms with Crippen LogP contribution in [-0.2, 0) is 7.05 Å². The monoisotopic (exact) mass is 291 g/mol. The highest BCUT2D eigenvalue weighted by atomic mass is 16.4. The number of hydrogen-bond acceptors (Lipinski definition) is 3. The first-order valence-electron chi connectivity index (χ1n) is 6.94. The molecular formula is C17H13N3O2. The number of aromatic nitrogens is 3. The van der Waals surface area contributed by atoms with Crippen LogP contribution in [0.3, 0.4) is 0 Å². The molecule has 0 unspecified atom stereocenters. The van der Waals surface area contributed by atoms with E-state index in [-0.39, 0.29) is 0 Å². The number of hydrogen-bond donors (Lipinski definition) is 1. The van der Waals surface area contributed by atoms with Gasteiger partial charge in [-0.2, -0.15) is 5.10 Å². The largest absolute Gasteiger partial charge is 0.417 e. The van der Waals surface area contributed by atoms with Crippen molar-refractivity contribution in [3.8, 4) is 22.5 Å². The second kappa shape index (κ2) is 4.73. The van der Waals surface area contributed by atoms with E-state index in [2.05, 4.69) is 10.1 Å². The number of nitrogens with one attached hydrogen (secondary N) is 1. The van der Waals surface area contributed by atoms with Crippen molar-refractivity contribution in [1.82, 2.24) is 14.8 Å². The quantitative estimate of drug-likeness (QED) is 0.617. The number of rotatable bonds is 2. The fourth-order valence-corrected chi connectivity index (χ4v) is 2.66. The van der Waals surface area contributed by atoms with Gasteiger partial charge < -0.3 is 4.42 Å². The molecule has 22 heavy (non-hydrogen) atoms. The molecule has 108 valence electrons. The zero-order valence-corrected chi connectivity index (χ0v) is 11.9. The summed E-state index contributed by atoms with van der Waals surface area (Å²) in [5.41, 5.74) is 4.99. The van der Waals surface area contributed by atoms with Crippen molar-refractivity contribution in [3.63, 3.8) is 0 Å². The maximum Gasteiger partial charge on any atom is 0.417 e. The molecule has 4 aromatic rings. The van der Waals surface area contributed by atoms with Crippen molar-refractivity contribution in [3.05, 3.63) is 65.1 Å². The number of oxazole rings is 1. The third-order valence-electron chi connectivity index (χ3n) is 3.68. The van der Waals surface area contributed by atoms with Gasteiger partial charge in [-0.25, -0.2) is 4.79 Å². The Hall–Kier alpha value is -3.08. The summed E-state index contributed by atoms with van der Waals surface area (Å²) in [6.07, 6.45) is 0. The zero-order valence-electron chi connectivity index (χ0n) is 11.9. The first kappa shape index (κ1) is 12.6. The molecule has 0 spiro atoms. The van der Waals surface area contributed by atoms with Crippen molar-refractivity contribution in [2.75, 3.05) is 0 Å². The number of para-hydroxylation sites is 1. The number of benzene rings is 2. The van der Waals surface area contributed by atoms with Crippen molar-refractivity contribution in [1.29, 1.82) is 0 Å². The molecule has 2 heterocycles. The molecule has 0 saturated carbocycles. The lowest BCUT2D eigenvalue weighted by atomic mass is 10.1. The Morgan fingerprint density at radius 1 is 1.09 bits per heavy atom. The fourth-order valence-electron chi connectivity index (χ4n) is 2.66. The van der Waals surface area contributed by atoms with Gasteiger partial charge in [-0.1, -0.05) is 42.5 Å². The lowest BCUT2D eigenvalue weighted by Gasteiger charge is -2.01. The maximum atomic E-state index is 11.4. The van der Waals surface area contributed by atoms with E-state index >= 15 is 0 Å². The summed E-state index contributed by atoms with van der Waals surface area (Å²) in [5, 5.41) is 4.56. The molecule has 5 heteroatoms. The van der Waals surface area contributed by atoms with Crippen LogP contribution in [0.25, 0.3) is 33.6 Å². The molecule has 1 N–H and O–H groups in total. The van der Waals surface area contributed by atoms with E-state index in [0.29, 0.717) is 11.1 Å². The Morgan fingerprint density at radius 2 is 1.91 bits per heavy atom. The van der Waals surface area contributed by atoms with Gasteiger partial charge in [0, 0.05) is 18.2 Å². The standard InChI is InChI=1S/C17H13N3O2/c1-20-14(10-13(19-20)11-6-3-2-4-7-11)12-8-5-9-15-16(12)18-17(21)22-15/h2-10H,1H3,(H,18,21). The molecule has 0 radical (unpaired) electrons. The van der Waals surface area contributed by atoms with Crippen LogP contribution in [0.5, 0.6) is 0 Å². The minimum absolute atomic E-state index is 0.451. The summed E-state index contributed by atoms with van der Waals surface area (Å²) in [6, 6.07) is 17.6. The van der Waals surface area contributed by atoms with Crippen molar-refractivity contribution >= 4 is 11.1 Å². The maximum absolute atomic E-state index is 11.4. The zero-order chi connectivity index (χ0) is 15.1. The summed E-state index contributed by atoms with van der Waals surface area (Å²) in [5.74, 6) is -0.451. The van der Waals surface area contributed by atoms with Gasteiger partial charge in [0.25, 0.3) is 0 Å². The van der Waals surface area contributed by atoms with Gasteiger partial charge in [-0.3, -0.25) is 9.67 Å². The van der Waals surface area contributed by atoms with Gasteiger partial charge in [0.2, 0.25) is 0 Å². The van der Waals surface area contributed by atoms with E-state index in [9.17, 15) is 4.79 Å². The SMILES string of the molecule is Cn1nc(-c2ccccc2)cc1-c1cccc2oc(=O)[nH]c12. The molecule has 0 aliphatic rings. The van der Waals surface area contributed by atoms with Crippen molar-refractivity contribution < 1.29 is 4.42 Å². The first-order chi connectivity index (χ1) is 10.7. The summed E-state index contributed by atoms with van der Waals surface area (Å²) >= 11 is 0. The molecule has 2 aromatic heterocycles. The Balaban J connectivity index is 1.92. The van der Waals surface area contributed by atoms with Crippen LogP contribution in [0.15, 0.2) is 63.8 Å². The van der Waals surface area contributed by atoms with Gasteiger partial charge in [0.15, 0.2) is 5.58 Å². The van der Waals surface area contributed by atoms with E-state index in [1.807, 2.05) is 60.3 Å². The molecule has 2 aromatic carbocycles. The molecule has 0 aliphatic heterocycles. The average molecular weight is 291 g/mol. The van der Waals surface area contributed by atoms with Crippen molar-refractivity contribution in [2.45, 2.75) is 0 Å². The van der Waals surface area contributed by atoms with Crippen LogP contribution < -0.4 is 5.76 Å². The molecular weight excluding hydrogens is 278 g/mol. The summed E-state index contributed by atoms with van der Waals surface area (Å²) in [4.78, 5) is 14.2. The molecule has 5 nitrogen and oxygen atoms in total. The van der Waals surface area contributed by atoms with Crippen molar-refractivity contribution in [2.24, 2.45) is 7.05 Å². The number of aromatic amines is 1. The summed E-state index contributed by atoms with van der Waals surface area (Å²) in [6.45, 7) is 0. The molecule has 0 amide bonds. The average Bonchev–Trinajstić information content (AvgIpc) is 3.10. The van der Waals surface area contributed by atoms with Crippen LogP contribution in [0, 0.1) is 0 Å². The summed E-state index contributed by atoms with van der Waals surface area (Å²) in [7, 11) is 1.89. The molecule has 0 bridgehead atoms. The third-order valence-corrected chi connectivity index (χ3v) is 3.68. The Kier molecular flexibility index (Phi) is 2.72. The minimum atomic E-state index is -0.451. The van der Waals surface area contributed by atoms with Crippen LogP contribution in [0.1, 0.15) is 0 Å². The second-order valence-electron chi connectivity index (χ2n) is 5.10. The highest BCUT2D eigenvalue weighted by Crippen LogP contribution is 2.29. The van der Waals surface area contributed by atoms with E-state index in [1.54, 1.807) is 6.07 Å². The van der Waals surface area contributed by atoms with Crippen LogP contribution >= 0.6 is 0 Å². The number of aryl methyl sites for hydroxylation is 1. The van der Waals surface area contributed by atoms with Gasteiger partial charge >= 0.3 is 5.76 Å². The lowest BCUT2D eigenvalue weighted by molar-refractivity contribution is 0.555. The predicted octanol–water partition coefficient (Wildman–Crippen LogP) is 3.19. The normalized spacial score (nSPS) is 11.1. The lowest BCUT2D eigenvalue weighted by Crippen LogP contribution is -1.96. The van der Waals surface area contributed by atoms with E-state index in [1.165, 1.54) is 0 Å². The second-order valence-corrected chi connectivity index (χ2v) is 5.10. The molecule has 4 rings (SSSR count). The first-order valence-corrected chi connectivity index (χ1v) is 6.94. The Morgan fingerprint density at radius 3 is 2.73 bits per heavy atom. The molecule has 0 saturated heterocycles. The van der Waals surface area contributed by atoms with Crippen LogP contribution in [0.2, 0.25) is 0 Å². The third kappa shape index (κ3) is 1.95. The molecule has 0 atom stereocenters. The van der Waals surface area contributed by atoms with E-state index in [4.69, 9.17) is 4.42 Å². The Bertz CT molecular complexity index is 1010. The smallest absolute Gasteiger partial charge is 0.408 e. The molecule has 0 fully saturated rings. The van der Waals surface area contributed by atoms with Crippen LogP contribution in [0.4, 0.5) is 0 Å². The Labute approximate surface area is 125 Å². The van der Waals surface area contributed by atoms with Gasteiger partial charge in [-0.05, 0) is 12.1 Å².